The molecule has 0 N–H and O–H groups in total. The lowest BCUT2D eigenvalue weighted by molar-refractivity contribution is 0.0240. The maximum Gasteiger partial charge on any atom is 0.410 e. The number of carbonyl (C=O) groups excluding carboxylic acids is 1. The third kappa shape index (κ3) is 6.11. The van der Waals surface area contributed by atoms with Crippen LogP contribution in [-0.4, -0.2) is 52.7 Å². The van der Waals surface area contributed by atoms with Crippen molar-refractivity contribution in [2.75, 3.05) is 36.1 Å². The number of carbonyl (C=O) groups is 1. The Hall–Kier alpha value is -4.39. The van der Waals surface area contributed by atoms with Gasteiger partial charge in [-0.3, -0.25) is 0 Å². The second kappa shape index (κ2) is 10.9. The number of nitrogens with zero attached hydrogens (tertiary/aromatic N) is 6. The Balaban J connectivity index is 1.56. The van der Waals surface area contributed by atoms with Gasteiger partial charge in [0, 0.05) is 44.6 Å². The van der Waals surface area contributed by atoms with Crippen molar-refractivity contribution in [3.05, 3.63) is 71.3 Å². The van der Waals surface area contributed by atoms with Gasteiger partial charge in [0.1, 0.15) is 11.4 Å². The van der Waals surface area contributed by atoms with Gasteiger partial charge >= 0.3 is 6.09 Å². The molecule has 0 radical (unpaired) electrons. The molecule has 3 aromatic rings. The van der Waals surface area contributed by atoms with Crippen LogP contribution in [0.4, 0.5) is 26.5 Å². The van der Waals surface area contributed by atoms with Crippen molar-refractivity contribution in [1.82, 2.24) is 14.9 Å². The first kappa shape index (κ1) is 26.7. The predicted octanol–water partition coefficient (Wildman–Crippen LogP) is 5.29. The summed E-state index contributed by atoms with van der Waals surface area (Å²) in [6.07, 6.45) is 2.79. The number of hydrogen-bond donors (Lipinski definition) is 0. The second-order valence-corrected chi connectivity index (χ2v) is 10.1. The van der Waals surface area contributed by atoms with E-state index in [-0.39, 0.29) is 12.0 Å². The smallest absolute Gasteiger partial charge is 0.410 e. The van der Waals surface area contributed by atoms with E-state index >= 15 is 4.39 Å². The van der Waals surface area contributed by atoms with E-state index < -0.39 is 11.4 Å². The highest BCUT2D eigenvalue weighted by Crippen LogP contribution is 2.33. The lowest BCUT2D eigenvalue weighted by Crippen LogP contribution is -2.50. The molecule has 1 amide bonds. The molecule has 0 atom stereocenters. The first-order chi connectivity index (χ1) is 18.1. The first-order valence-electron chi connectivity index (χ1n) is 12.3. The Bertz CT molecular complexity index is 1320. The minimum atomic E-state index is -0.568. The van der Waals surface area contributed by atoms with E-state index in [1.165, 1.54) is 11.1 Å². The van der Waals surface area contributed by atoms with Crippen molar-refractivity contribution in [1.29, 1.82) is 5.26 Å². The van der Waals surface area contributed by atoms with Crippen molar-refractivity contribution in [2.45, 2.75) is 40.2 Å². The van der Waals surface area contributed by atoms with Crippen LogP contribution in [0.5, 0.6) is 5.75 Å². The number of rotatable bonds is 5. The number of anilines is 3. The molecule has 9 nitrogen and oxygen atoms in total. The number of aromatic nitrogens is 2. The lowest BCUT2D eigenvalue weighted by atomic mass is 10.1. The molecule has 198 valence electrons. The normalized spacial score (nSPS) is 13.6. The Morgan fingerprint density at radius 2 is 1.68 bits per heavy atom. The lowest BCUT2D eigenvalue weighted by Gasteiger charge is -2.37. The number of hydrogen-bond acceptors (Lipinski definition) is 8. The van der Waals surface area contributed by atoms with Crippen molar-refractivity contribution < 1.29 is 18.8 Å². The molecule has 2 heterocycles. The number of benzene rings is 2. The molecule has 4 rings (SSSR count). The summed E-state index contributed by atoms with van der Waals surface area (Å²) in [6, 6.07) is 12.1. The van der Waals surface area contributed by atoms with Gasteiger partial charge < -0.3 is 19.4 Å². The summed E-state index contributed by atoms with van der Waals surface area (Å²) < 4.78 is 20.9. The molecule has 10 heteroatoms. The Kier molecular flexibility index (Phi) is 7.67. The number of nitriles is 1. The van der Waals surface area contributed by atoms with E-state index in [1.807, 2.05) is 39.5 Å². The quantitative estimate of drug-likeness (QED) is 0.421. The van der Waals surface area contributed by atoms with Gasteiger partial charge in [-0.05, 0) is 76.1 Å². The molecule has 1 aromatic heterocycles. The maximum atomic E-state index is 15.5. The van der Waals surface area contributed by atoms with E-state index in [0.717, 1.165) is 11.1 Å². The van der Waals surface area contributed by atoms with Crippen LogP contribution in [0.2, 0.25) is 0 Å². The molecule has 0 aliphatic carbocycles. The van der Waals surface area contributed by atoms with Gasteiger partial charge in [0.2, 0.25) is 0 Å². The summed E-state index contributed by atoms with van der Waals surface area (Å²) in [4.78, 5) is 30.7. The number of piperazine rings is 1. The molecule has 0 unspecified atom stereocenters. The van der Waals surface area contributed by atoms with Crippen molar-refractivity contribution in [2.24, 2.45) is 0 Å². The number of ether oxygens (including phenoxy) is 1. The van der Waals surface area contributed by atoms with E-state index in [0.29, 0.717) is 48.9 Å². The monoisotopic (exact) mass is 518 g/mol. The fraction of sp³-hybridized carbons (Fsp3) is 0.357. The molecular weight excluding hydrogens is 487 g/mol. The molecule has 0 spiro atoms. The average Bonchev–Trinajstić information content (AvgIpc) is 2.88. The molecule has 1 aliphatic rings. The molecule has 38 heavy (non-hydrogen) atoms. The van der Waals surface area contributed by atoms with Crippen LogP contribution >= 0.6 is 0 Å². The Morgan fingerprint density at radius 1 is 1.05 bits per heavy atom. The van der Waals surface area contributed by atoms with E-state index in [1.54, 1.807) is 47.6 Å². The van der Waals surface area contributed by atoms with Crippen LogP contribution in [0.3, 0.4) is 0 Å². The third-order valence-electron chi connectivity index (χ3n) is 5.94. The van der Waals surface area contributed by atoms with Crippen LogP contribution in [-0.2, 0) is 4.74 Å². The van der Waals surface area contributed by atoms with Gasteiger partial charge in [-0.1, -0.05) is 0 Å². The van der Waals surface area contributed by atoms with Gasteiger partial charge in [-0.15, -0.1) is 5.06 Å². The number of amides is 1. The van der Waals surface area contributed by atoms with Crippen molar-refractivity contribution in [3.8, 4) is 11.8 Å². The van der Waals surface area contributed by atoms with Crippen LogP contribution < -0.4 is 14.8 Å². The molecule has 0 bridgehead atoms. The largest absolute Gasteiger partial charge is 0.444 e. The SMILES string of the molecule is Cc1cc(C#N)cc(C)c1ON(c1ccc(N2CCN(C(=O)OC(C)(C)C)CC2)c(F)c1)c1ncccn1. The highest BCUT2D eigenvalue weighted by Gasteiger charge is 2.27. The van der Waals surface area contributed by atoms with Crippen LogP contribution in [0.15, 0.2) is 48.8 Å². The highest BCUT2D eigenvalue weighted by molar-refractivity contribution is 5.69. The van der Waals surface area contributed by atoms with Gasteiger partial charge in [-0.2, -0.15) is 5.26 Å². The maximum absolute atomic E-state index is 15.5. The Labute approximate surface area is 222 Å². The standard InChI is InChI=1S/C28H31FN6O3/c1-19-15-21(18-30)16-20(2)25(19)38-35(26-31-9-6-10-32-26)22-7-8-24(23(29)17-22)33-11-13-34(14-12-33)27(36)37-28(3,4)5/h6-10,15-17H,11-14H2,1-5H3. The predicted molar refractivity (Wildman–Crippen MR) is 142 cm³/mol. The molecule has 1 fully saturated rings. The summed E-state index contributed by atoms with van der Waals surface area (Å²) in [6.45, 7) is 11.0. The number of aryl methyl sites for hydroxylation is 2. The van der Waals surface area contributed by atoms with Crippen LogP contribution in [0.25, 0.3) is 0 Å². The zero-order valence-electron chi connectivity index (χ0n) is 22.2. The van der Waals surface area contributed by atoms with E-state index in [9.17, 15) is 10.1 Å². The average molecular weight is 519 g/mol. The summed E-state index contributed by atoms with van der Waals surface area (Å²) in [5.41, 5.74) is 2.29. The zero-order valence-corrected chi connectivity index (χ0v) is 22.2. The highest BCUT2D eigenvalue weighted by atomic mass is 19.1. The fourth-order valence-corrected chi connectivity index (χ4v) is 4.19. The minimum Gasteiger partial charge on any atom is -0.444 e. The second-order valence-electron chi connectivity index (χ2n) is 10.1. The van der Waals surface area contributed by atoms with Crippen LogP contribution in [0, 0.1) is 31.0 Å². The van der Waals surface area contributed by atoms with Crippen molar-refractivity contribution in [3.63, 3.8) is 0 Å². The molecule has 1 saturated heterocycles. The number of halogens is 1. The Morgan fingerprint density at radius 3 is 2.24 bits per heavy atom. The topological polar surface area (TPSA) is 94.8 Å². The van der Waals surface area contributed by atoms with Gasteiger partial charge in [0.05, 0.1) is 23.0 Å². The van der Waals surface area contributed by atoms with Crippen LogP contribution in [0.1, 0.15) is 37.5 Å². The zero-order chi connectivity index (χ0) is 27.4. The van der Waals surface area contributed by atoms with E-state index in [4.69, 9.17) is 9.57 Å². The summed E-state index contributed by atoms with van der Waals surface area (Å²) >= 11 is 0. The summed E-state index contributed by atoms with van der Waals surface area (Å²) in [5, 5.41) is 10.6. The van der Waals surface area contributed by atoms with Gasteiger partial charge in [0.25, 0.3) is 5.95 Å². The fourth-order valence-electron chi connectivity index (χ4n) is 4.19. The molecule has 1 aliphatic heterocycles. The summed E-state index contributed by atoms with van der Waals surface area (Å²) in [7, 11) is 0. The third-order valence-corrected chi connectivity index (χ3v) is 5.94. The van der Waals surface area contributed by atoms with Gasteiger partial charge in [-0.25, -0.2) is 19.2 Å². The molecule has 2 aromatic carbocycles. The minimum absolute atomic E-state index is 0.230. The van der Waals surface area contributed by atoms with E-state index in [2.05, 4.69) is 16.0 Å². The summed E-state index contributed by atoms with van der Waals surface area (Å²) in [5.74, 6) is 0.319. The molecule has 0 saturated carbocycles. The molecular formula is C28H31FN6O3. The van der Waals surface area contributed by atoms with Gasteiger partial charge in [0.15, 0.2) is 5.75 Å². The van der Waals surface area contributed by atoms with Crippen molar-refractivity contribution >= 4 is 23.4 Å². The first-order valence-corrected chi connectivity index (χ1v) is 12.3.